The Morgan fingerprint density at radius 1 is 1.30 bits per heavy atom. The summed E-state index contributed by atoms with van der Waals surface area (Å²) >= 11 is 6.93. The average molecular weight is 401 g/mol. The van der Waals surface area contributed by atoms with Crippen LogP contribution in [0.25, 0.3) is 0 Å². The maximum atomic E-state index is 12.4. The maximum Gasteiger partial charge on any atom is 0.272 e. The lowest BCUT2D eigenvalue weighted by Gasteiger charge is -2.12. The van der Waals surface area contributed by atoms with Gasteiger partial charge in [0.25, 0.3) is 5.91 Å². The van der Waals surface area contributed by atoms with Crippen LogP contribution in [0, 0.1) is 6.92 Å². The van der Waals surface area contributed by atoms with Crippen LogP contribution in [0.2, 0.25) is 0 Å². The second kappa shape index (κ2) is 6.01. The van der Waals surface area contributed by atoms with E-state index in [1.54, 1.807) is 12.3 Å². The molecule has 6 heteroatoms. The molecule has 0 spiro atoms. The molecule has 3 N–H and O–H groups in total. The fourth-order valence-corrected chi connectivity index (χ4v) is 3.60. The van der Waals surface area contributed by atoms with Crippen molar-refractivity contribution in [2.75, 3.05) is 11.1 Å². The molecule has 0 aliphatic rings. The molecule has 0 aliphatic heterocycles. The first-order chi connectivity index (χ1) is 9.42. The van der Waals surface area contributed by atoms with Crippen LogP contribution in [-0.2, 0) is 6.54 Å². The fraction of sp³-hybridized carbons (Fsp3) is 0.214. The average Bonchev–Trinajstić information content (AvgIpc) is 2.75. The van der Waals surface area contributed by atoms with E-state index in [-0.39, 0.29) is 5.91 Å². The molecule has 0 fully saturated rings. The van der Waals surface area contributed by atoms with Gasteiger partial charge in [0.1, 0.15) is 5.69 Å². The third kappa shape index (κ3) is 3.07. The Hall–Kier alpha value is -1.27. The Balaban J connectivity index is 2.32. The number of hydrogen-bond acceptors (Lipinski definition) is 2. The molecule has 1 aromatic carbocycles. The van der Waals surface area contributed by atoms with E-state index >= 15 is 0 Å². The number of nitrogens with zero attached hydrogens (tertiary/aromatic N) is 1. The highest BCUT2D eigenvalue weighted by Crippen LogP contribution is 2.32. The molecular formula is C14H15Br2N3O. The third-order valence-electron chi connectivity index (χ3n) is 2.92. The number of hydrogen-bond donors (Lipinski definition) is 2. The van der Waals surface area contributed by atoms with Crippen molar-refractivity contribution in [1.29, 1.82) is 0 Å². The Bertz CT molecular complexity index is 641. The van der Waals surface area contributed by atoms with Gasteiger partial charge in [-0.2, -0.15) is 0 Å². The number of carbonyl (C=O) groups excluding carboxylic acids is 1. The van der Waals surface area contributed by atoms with Crippen molar-refractivity contribution in [3.8, 4) is 0 Å². The lowest BCUT2D eigenvalue weighted by Crippen LogP contribution is -2.17. The molecule has 20 heavy (non-hydrogen) atoms. The minimum Gasteiger partial charge on any atom is -0.397 e. The van der Waals surface area contributed by atoms with Crippen molar-refractivity contribution in [2.24, 2.45) is 0 Å². The first kappa shape index (κ1) is 15.1. The largest absolute Gasteiger partial charge is 0.397 e. The van der Waals surface area contributed by atoms with Gasteiger partial charge in [0, 0.05) is 21.7 Å². The van der Waals surface area contributed by atoms with E-state index in [0.717, 1.165) is 14.5 Å². The summed E-state index contributed by atoms with van der Waals surface area (Å²) in [7, 11) is 0. The highest BCUT2D eigenvalue weighted by Gasteiger charge is 2.15. The number of carbonyl (C=O) groups is 1. The number of nitrogen functional groups attached to an aromatic ring is 1. The number of amides is 1. The smallest absolute Gasteiger partial charge is 0.272 e. The van der Waals surface area contributed by atoms with E-state index in [4.69, 9.17) is 5.73 Å². The van der Waals surface area contributed by atoms with Crippen molar-refractivity contribution in [2.45, 2.75) is 20.4 Å². The van der Waals surface area contributed by atoms with E-state index in [2.05, 4.69) is 37.2 Å². The van der Waals surface area contributed by atoms with Gasteiger partial charge in [-0.15, -0.1) is 0 Å². The zero-order valence-electron chi connectivity index (χ0n) is 11.2. The fourth-order valence-electron chi connectivity index (χ4n) is 1.98. The van der Waals surface area contributed by atoms with E-state index in [9.17, 15) is 4.79 Å². The van der Waals surface area contributed by atoms with Crippen LogP contribution in [0.3, 0.4) is 0 Å². The Morgan fingerprint density at radius 2 is 1.90 bits per heavy atom. The van der Waals surface area contributed by atoms with Crippen molar-refractivity contribution in [3.05, 3.63) is 44.6 Å². The summed E-state index contributed by atoms with van der Waals surface area (Å²) in [5.41, 5.74) is 8.69. The van der Waals surface area contributed by atoms with Crippen LogP contribution in [0.4, 0.5) is 11.4 Å². The van der Waals surface area contributed by atoms with Gasteiger partial charge in [-0.05, 0) is 69.5 Å². The molecule has 106 valence electrons. The Labute approximate surface area is 134 Å². The van der Waals surface area contributed by atoms with Gasteiger partial charge in [-0.1, -0.05) is 0 Å². The summed E-state index contributed by atoms with van der Waals surface area (Å²) in [5.74, 6) is -0.186. The standard InChI is InChI=1S/C14H15Br2N3O/c1-3-19-7-9(17)6-12(19)14(20)18-13-10(15)4-8(2)5-11(13)16/h4-7H,3,17H2,1-2H3,(H,18,20). The van der Waals surface area contributed by atoms with Crippen LogP contribution >= 0.6 is 31.9 Å². The first-order valence-electron chi connectivity index (χ1n) is 6.15. The molecule has 0 saturated heterocycles. The number of nitrogens with one attached hydrogen (secondary N) is 1. The molecule has 0 unspecified atom stereocenters. The molecule has 0 aliphatic carbocycles. The molecule has 0 saturated carbocycles. The summed E-state index contributed by atoms with van der Waals surface area (Å²) in [6.45, 7) is 4.65. The molecule has 2 aromatic rings. The predicted molar refractivity (Wildman–Crippen MR) is 89.1 cm³/mol. The number of nitrogens with two attached hydrogens (primary N) is 1. The Kier molecular flexibility index (Phi) is 4.55. The molecule has 1 heterocycles. The monoisotopic (exact) mass is 399 g/mol. The van der Waals surface area contributed by atoms with Crippen molar-refractivity contribution >= 4 is 49.1 Å². The van der Waals surface area contributed by atoms with E-state index in [1.165, 1.54) is 0 Å². The molecular weight excluding hydrogens is 386 g/mol. The summed E-state index contributed by atoms with van der Waals surface area (Å²) in [6.07, 6.45) is 1.76. The number of anilines is 2. The van der Waals surface area contributed by atoms with Crippen molar-refractivity contribution in [1.82, 2.24) is 4.57 Å². The lowest BCUT2D eigenvalue weighted by molar-refractivity contribution is 0.101. The van der Waals surface area contributed by atoms with E-state index < -0.39 is 0 Å². The second-order valence-electron chi connectivity index (χ2n) is 4.50. The highest BCUT2D eigenvalue weighted by atomic mass is 79.9. The van der Waals surface area contributed by atoms with Crippen molar-refractivity contribution < 1.29 is 4.79 Å². The quantitative estimate of drug-likeness (QED) is 0.811. The minimum absolute atomic E-state index is 0.186. The maximum absolute atomic E-state index is 12.4. The van der Waals surface area contributed by atoms with Gasteiger partial charge < -0.3 is 15.6 Å². The normalized spacial score (nSPS) is 10.6. The molecule has 2 rings (SSSR count). The van der Waals surface area contributed by atoms with E-state index in [0.29, 0.717) is 23.6 Å². The van der Waals surface area contributed by atoms with E-state index in [1.807, 2.05) is 30.5 Å². The zero-order chi connectivity index (χ0) is 14.9. The summed E-state index contributed by atoms with van der Waals surface area (Å²) in [6, 6.07) is 5.58. The summed E-state index contributed by atoms with van der Waals surface area (Å²) < 4.78 is 3.49. The zero-order valence-corrected chi connectivity index (χ0v) is 14.4. The number of rotatable bonds is 3. The molecule has 4 nitrogen and oxygen atoms in total. The second-order valence-corrected chi connectivity index (χ2v) is 6.21. The topological polar surface area (TPSA) is 60.0 Å². The van der Waals surface area contributed by atoms with Gasteiger partial charge in [0.2, 0.25) is 0 Å². The van der Waals surface area contributed by atoms with Crippen LogP contribution in [0.1, 0.15) is 23.0 Å². The predicted octanol–water partition coefficient (Wildman–Crippen LogP) is 4.18. The van der Waals surface area contributed by atoms with Gasteiger partial charge in [0.05, 0.1) is 11.4 Å². The first-order valence-corrected chi connectivity index (χ1v) is 7.73. The number of aromatic nitrogens is 1. The molecule has 0 atom stereocenters. The minimum atomic E-state index is -0.186. The number of aryl methyl sites for hydroxylation is 2. The van der Waals surface area contributed by atoms with Crippen LogP contribution in [0.15, 0.2) is 33.3 Å². The Morgan fingerprint density at radius 3 is 2.45 bits per heavy atom. The number of halogens is 2. The van der Waals surface area contributed by atoms with Crippen LogP contribution in [-0.4, -0.2) is 10.5 Å². The van der Waals surface area contributed by atoms with Gasteiger partial charge >= 0.3 is 0 Å². The van der Waals surface area contributed by atoms with Gasteiger partial charge in [-0.25, -0.2) is 0 Å². The molecule has 1 amide bonds. The molecule has 0 radical (unpaired) electrons. The van der Waals surface area contributed by atoms with Gasteiger partial charge in [0.15, 0.2) is 0 Å². The highest BCUT2D eigenvalue weighted by molar-refractivity contribution is 9.11. The summed E-state index contributed by atoms with van der Waals surface area (Å²) in [4.78, 5) is 12.4. The van der Waals surface area contributed by atoms with Crippen LogP contribution in [0.5, 0.6) is 0 Å². The molecule has 0 bridgehead atoms. The van der Waals surface area contributed by atoms with Crippen molar-refractivity contribution in [3.63, 3.8) is 0 Å². The van der Waals surface area contributed by atoms with Gasteiger partial charge in [-0.3, -0.25) is 4.79 Å². The SMILES string of the molecule is CCn1cc(N)cc1C(=O)Nc1c(Br)cc(C)cc1Br. The number of benzene rings is 1. The molecule has 1 aromatic heterocycles. The third-order valence-corrected chi connectivity index (χ3v) is 4.17. The summed E-state index contributed by atoms with van der Waals surface area (Å²) in [5, 5.41) is 2.90. The lowest BCUT2D eigenvalue weighted by atomic mass is 10.2. The van der Waals surface area contributed by atoms with Crippen LogP contribution < -0.4 is 11.1 Å².